The molecule has 90 valence electrons. The van der Waals surface area contributed by atoms with Crippen LogP contribution in [-0.2, 0) is 0 Å². The molecule has 3 nitrogen and oxygen atoms in total. The van der Waals surface area contributed by atoms with Gasteiger partial charge in [0.2, 0.25) is 0 Å². The summed E-state index contributed by atoms with van der Waals surface area (Å²) in [6.07, 6.45) is -0.130. The molecule has 1 rings (SSSR count). The van der Waals surface area contributed by atoms with Crippen LogP contribution < -0.4 is 10.5 Å². The number of hydrogen-bond acceptors (Lipinski definition) is 3. The summed E-state index contributed by atoms with van der Waals surface area (Å²) in [5, 5.41) is 10.7. The summed E-state index contributed by atoms with van der Waals surface area (Å²) in [5.41, 5.74) is 7.97. The summed E-state index contributed by atoms with van der Waals surface area (Å²) < 4.78 is 5.32. The molecule has 0 aliphatic heterocycles. The molecule has 0 aliphatic rings. The number of rotatable bonds is 4. The lowest BCUT2D eigenvalue weighted by molar-refractivity contribution is 0.165. The van der Waals surface area contributed by atoms with Crippen molar-refractivity contribution in [1.29, 1.82) is 0 Å². The third-order valence-corrected chi connectivity index (χ3v) is 3.08. The maximum Gasteiger partial charge on any atom is 0.127 e. The summed E-state index contributed by atoms with van der Waals surface area (Å²) >= 11 is 6.09. The summed E-state index contributed by atoms with van der Waals surface area (Å²) in [6, 6.07) is 1.84. The Kier molecular flexibility index (Phi) is 4.59. The molecule has 0 saturated carbocycles. The van der Waals surface area contributed by atoms with Gasteiger partial charge in [0.05, 0.1) is 13.2 Å². The van der Waals surface area contributed by atoms with E-state index in [1.54, 1.807) is 7.11 Å². The fourth-order valence-electron chi connectivity index (χ4n) is 1.85. The van der Waals surface area contributed by atoms with Gasteiger partial charge in [-0.05, 0) is 44.0 Å². The monoisotopic (exact) mass is 243 g/mol. The van der Waals surface area contributed by atoms with Gasteiger partial charge in [-0.3, -0.25) is 0 Å². The minimum Gasteiger partial charge on any atom is -0.496 e. The molecule has 0 spiro atoms. The molecule has 0 aliphatic carbocycles. The molecule has 0 amide bonds. The molecule has 0 saturated heterocycles. The number of nitrogens with two attached hydrogens (primary N) is 1. The van der Waals surface area contributed by atoms with Crippen molar-refractivity contribution < 1.29 is 9.84 Å². The van der Waals surface area contributed by atoms with Gasteiger partial charge in [-0.2, -0.15) is 0 Å². The normalized spacial score (nSPS) is 12.6. The zero-order chi connectivity index (χ0) is 12.3. The van der Waals surface area contributed by atoms with Crippen LogP contribution in [0.25, 0.3) is 0 Å². The highest BCUT2D eigenvalue weighted by Crippen LogP contribution is 2.37. The minimum absolute atomic E-state index is 0.426. The largest absolute Gasteiger partial charge is 0.496 e. The first-order valence-electron chi connectivity index (χ1n) is 5.24. The van der Waals surface area contributed by atoms with Crippen molar-refractivity contribution >= 4 is 11.6 Å². The molecule has 0 fully saturated rings. The van der Waals surface area contributed by atoms with E-state index in [1.807, 2.05) is 19.9 Å². The minimum atomic E-state index is -0.627. The molecule has 16 heavy (non-hydrogen) atoms. The quantitative estimate of drug-likeness (QED) is 0.854. The zero-order valence-corrected chi connectivity index (χ0v) is 10.6. The van der Waals surface area contributed by atoms with E-state index in [2.05, 4.69) is 0 Å². The van der Waals surface area contributed by atoms with Gasteiger partial charge in [-0.25, -0.2) is 0 Å². The Balaban J connectivity index is 3.32. The highest BCUT2D eigenvalue weighted by Gasteiger charge is 2.19. The predicted molar refractivity (Wildman–Crippen MR) is 66.1 cm³/mol. The second-order valence-corrected chi connectivity index (χ2v) is 4.25. The van der Waals surface area contributed by atoms with Gasteiger partial charge < -0.3 is 15.6 Å². The van der Waals surface area contributed by atoms with Crippen LogP contribution in [0.5, 0.6) is 5.75 Å². The average molecular weight is 244 g/mol. The maximum atomic E-state index is 10.0. The van der Waals surface area contributed by atoms with E-state index in [-0.39, 0.29) is 0 Å². The molecular weight excluding hydrogens is 226 g/mol. The fraction of sp³-hybridized carbons (Fsp3) is 0.500. The predicted octanol–water partition coefficient (Wildman–Crippen LogP) is 2.35. The van der Waals surface area contributed by atoms with Crippen LogP contribution in [0.15, 0.2) is 6.07 Å². The van der Waals surface area contributed by atoms with E-state index in [4.69, 9.17) is 22.1 Å². The van der Waals surface area contributed by atoms with Crippen LogP contribution in [0, 0.1) is 13.8 Å². The number of methoxy groups -OCH3 is 1. The van der Waals surface area contributed by atoms with E-state index in [0.29, 0.717) is 23.7 Å². The number of halogens is 1. The highest BCUT2D eigenvalue weighted by atomic mass is 35.5. The number of aryl methyl sites for hydroxylation is 1. The molecule has 0 heterocycles. The Bertz CT molecular complexity index is 380. The SMILES string of the molecule is COc1c(C)cc(Cl)c(C)c1C(O)CCN. The molecule has 1 unspecified atom stereocenters. The van der Waals surface area contributed by atoms with Crippen LogP contribution in [0.4, 0.5) is 0 Å². The summed E-state index contributed by atoms with van der Waals surface area (Å²) in [6.45, 7) is 4.21. The van der Waals surface area contributed by atoms with Gasteiger partial charge in [0.15, 0.2) is 0 Å². The van der Waals surface area contributed by atoms with Gasteiger partial charge in [-0.1, -0.05) is 11.6 Å². The summed E-state index contributed by atoms with van der Waals surface area (Å²) in [4.78, 5) is 0. The molecule has 1 atom stereocenters. The lowest BCUT2D eigenvalue weighted by Crippen LogP contribution is -2.10. The third kappa shape index (κ3) is 2.48. The highest BCUT2D eigenvalue weighted by molar-refractivity contribution is 6.31. The van der Waals surface area contributed by atoms with Gasteiger partial charge in [0.1, 0.15) is 5.75 Å². The van der Waals surface area contributed by atoms with Crippen molar-refractivity contribution in [2.24, 2.45) is 5.73 Å². The number of aliphatic hydroxyl groups is 1. The molecule has 0 aromatic heterocycles. The van der Waals surface area contributed by atoms with Crippen molar-refractivity contribution in [2.45, 2.75) is 26.4 Å². The first-order chi connectivity index (χ1) is 7.52. The Morgan fingerprint density at radius 2 is 2.12 bits per heavy atom. The lowest BCUT2D eigenvalue weighted by atomic mass is 9.97. The van der Waals surface area contributed by atoms with Crippen LogP contribution in [0.1, 0.15) is 29.2 Å². The van der Waals surface area contributed by atoms with Crippen LogP contribution >= 0.6 is 11.6 Å². The molecular formula is C12H18ClNO2. The van der Waals surface area contributed by atoms with Crippen LogP contribution in [0.2, 0.25) is 5.02 Å². The Labute approximate surface area is 101 Å². The number of aliphatic hydroxyl groups excluding tert-OH is 1. The first-order valence-corrected chi connectivity index (χ1v) is 5.62. The molecule has 1 aromatic rings. The van der Waals surface area contributed by atoms with E-state index >= 15 is 0 Å². The second kappa shape index (κ2) is 5.53. The average Bonchev–Trinajstić information content (AvgIpc) is 2.23. The molecule has 4 heteroatoms. The zero-order valence-electron chi connectivity index (χ0n) is 9.88. The smallest absolute Gasteiger partial charge is 0.127 e. The lowest BCUT2D eigenvalue weighted by Gasteiger charge is -2.19. The maximum absolute atomic E-state index is 10.0. The third-order valence-electron chi connectivity index (χ3n) is 2.69. The van der Waals surface area contributed by atoms with Gasteiger partial charge in [0, 0.05) is 10.6 Å². The summed E-state index contributed by atoms with van der Waals surface area (Å²) in [7, 11) is 1.59. The van der Waals surface area contributed by atoms with E-state index in [0.717, 1.165) is 16.7 Å². The van der Waals surface area contributed by atoms with Crippen molar-refractivity contribution in [2.75, 3.05) is 13.7 Å². The number of ether oxygens (including phenoxy) is 1. The topological polar surface area (TPSA) is 55.5 Å². The molecule has 1 aromatic carbocycles. The second-order valence-electron chi connectivity index (χ2n) is 3.84. The van der Waals surface area contributed by atoms with Crippen LogP contribution in [0.3, 0.4) is 0 Å². The number of hydrogen-bond donors (Lipinski definition) is 2. The fourth-order valence-corrected chi connectivity index (χ4v) is 2.12. The molecule has 0 radical (unpaired) electrons. The van der Waals surface area contributed by atoms with Gasteiger partial charge >= 0.3 is 0 Å². The Morgan fingerprint density at radius 3 is 2.62 bits per heavy atom. The molecule has 3 N–H and O–H groups in total. The van der Waals surface area contributed by atoms with Gasteiger partial charge in [-0.15, -0.1) is 0 Å². The summed E-state index contributed by atoms with van der Waals surface area (Å²) in [5.74, 6) is 0.697. The van der Waals surface area contributed by atoms with Crippen molar-refractivity contribution in [3.63, 3.8) is 0 Å². The van der Waals surface area contributed by atoms with Crippen molar-refractivity contribution in [3.05, 3.63) is 27.8 Å². The Morgan fingerprint density at radius 1 is 1.50 bits per heavy atom. The van der Waals surface area contributed by atoms with Crippen LogP contribution in [-0.4, -0.2) is 18.8 Å². The first kappa shape index (κ1) is 13.3. The van der Waals surface area contributed by atoms with Gasteiger partial charge in [0.25, 0.3) is 0 Å². The standard InChI is InChI=1S/C12H18ClNO2/c1-7-6-9(13)8(2)11(12(7)16-3)10(15)4-5-14/h6,10,15H,4-5,14H2,1-3H3. The van der Waals surface area contributed by atoms with E-state index in [1.165, 1.54) is 0 Å². The number of benzene rings is 1. The van der Waals surface area contributed by atoms with Crippen molar-refractivity contribution in [3.8, 4) is 5.75 Å². The Hall–Kier alpha value is -0.770. The van der Waals surface area contributed by atoms with Crippen molar-refractivity contribution in [1.82, 2.24) is 0 Å². The molecule has 0 bridgehead atoms. The van der Waals surface area contributed by atoms with E-state index in [9.17, 15) is 5.11 Å². The van der Waals surface area contributed by atoms with E-state index < -0.39 is 6.10 Å².